The zero-order valence-electron chi connectivity index (χ0n) is 8.84. The highest BCUT2D eigenvalue weighted by atomic mass is 16.5. The first-order valence-electron chi connectivity index (χ1n) is 5.66. The molecule has 0 bridgehead atoms. The molecule has 1 aliphatic rings. The molecule has 0 aliphatic carbocycles. The quantitative estimate of drug-likeness (QED) is 0.634. The third-order valence-corrected chi connectivity index (χ3v) is 2.68. The maximum Gasteiger partial charge on any atom is 0.133 e. The first-order valence-corrected chi connectivity index (χ1v) is 5.66. The molecule has 0 aromatic heterocycles. The minimum Gasteiger partial charge on any atom is -0.378 e. The molecule has 1 fully saturated rings. The molecule has 0 aromatic rings. The van der Waals surface area contributed by atoms with Crippen LogP contribution in [0.2, 0.25) is 0 Å². The van der Waals surface area contributed by atoms with Gasteiger partial charge in [-0.25, -0.2) is 0 Å². The Morgan fingerprint density at radius 3 is 2.86 bits per heavy atom. The van der Waals surface area contributed by atoms with Crippen LogP contribution in [0.4, 0.5) is 0 Å². The van der Waals surface area contributed by atoms with E-state index in [4.69, 9.17) is 10.5 Å². The zero-order chi connectivity index (χ0) is 10.2. The third-order valence-electron chi connectivity index (χ3n) is 2.68. The van der Waals surface area contributed by atoms with Crippen molar-refractivity contribution in [2.75, 3.05) is 13.2 Å². The number of carbonyl (C=O) groups excluding carboxylic acids is 1. The summed E-state index contributed by atoms with van der Waals surface area (Å²) in [4.78, 5) is 11.4. The van der Waals surface area contributed by atoms with E-state index >= 15 is 0 Å². The first-order chi connectivity index (χ1) is 6.83. The van der Waals surface area contributed by atoms with Crippen LogP contribution in [0.5, 0.6) is 0 Å². The van der Waals surface area contributed by atoms with Crippen LogP contribution in [0.25, 0.3) is 0 Å². The van der Waals surface area contributed by atoms with Crippen molar-refractivity contribution in [2.24, 2.45) is 5.73 Å². The van der Waals surface area contributed by atoms with Crippen LogP contribution < -0.4 is 5.73 Å². The van der Waals surface area contributed by atoms with Gasteiger partial charge in [0.2, 0.25) is 0 Å². The number of Topliss-reactive ketones (excluding diaryl/α,β-unsaturated/α-hetero) is 1. The zero-order valence-corrected chi connectivity index (χ0v) is 8.84. The molecule has 0 saturated carbocycles. The van der Waals surface area contributed by atoms with Gasteiger partial charge in [-0.3, -0.25) is 4.79 Å². The van der Waals surface area contributed by atoms with Crippen molar-refractivity contribution in [2.45, 2.75) is 51.0 Å². The maximum absolute atomic E-state index is 11.4. The van der Waals surface area contributed by atoms with Gasteiger partial charge in [0.05, 0.1) is 6.10 Å². The molecule has 0 amide bonds. The Morgan fingerprint density at radius 2 is 2.21 bits per heavy atom. The summed E-state index contributed by atoms with van der Waals surface area (Å²) in [6.07, 6.45) is 6.86. The lowest BCUT2D eigenvalue weighted by Gasteiger charge is -2.07. The average molecular weight is 199 g/mol. The van der Waals surface area contributed by atoms with E-state index in [2.05, 4.69) is 0 Å². The van der Waals surface area contributed by atoms with Crippen molar-refractivity contribution in [3.8, 4) is 0 Å². The van der Waals surface area contributed by atoms with E-state index in [1.54, 1.807) is 0 Å². The van der Waals surface area contributed by atoms with Gasteiger partial charge in [-0.2, -0.15) is 0 Å². The largest absolute Gasteiger partial charge is 0.378 e. The smallest absolute Gasteiger partial charge is 0.133 e. The van der Waals surface area contributed by atoms with Crippen LogP contribution in [-0.4, -0.2) is 25.0 Å². The molecule has 14 heavy (non-hydrogen) atoms. The van der Waals surface area contributed by atoms with E-state index in [0.717, 1.165) is 38.7 Å². The van der Waals surface area contributed by atoms with Crippen LogP contribution in [0.1, 0.15) is 44.9 Å². The van der Waals surface area contributed by atoms with Crippen LogP contribution in [0.3, 0.4) is 0 Å². The van der Waals surface area contributed by atoms with Crippen molar-refractivity contribution >= 4 is 5.78 Å². The molecule has 3 nitrogen and oxygen atoms in total. The number of rotatable bonds is 7. The summed E-state index contributed by atoms with van der Waals surface area (Å²) < 4.78 is 5.46. The summed E-state index contributed by atoms with van der Waals surface area (Å²) in [5, 5.41) is 0. The molecule has 1 atom stereocenters. The number of unbranched alkanes of at least 4 members (excludes halogenated alkanes) is 1. The highest BCUT2D eigenvalue weighted by Gasteiger charge is 2.16. The first kappa shape index (κ1) is 11.7. The third kappa shape index (κ3) is 4.72. The summed E-state index contributed by atoms with van der Waals surface area (Å²) in [5.74, 6) is 0.369. The summed E-state index contributed by atoms with van der Waals surface area (Å²) in [6.45, 7) is 1.57. The van der Waals surface area contributed by atoms with Crippen molar-refractivity contribution in [3.05, 3.63) is 0 Å². The van der Waals surface area contributed by atoms with E-state index in [-0.39, 0.29) is 0 Å². The second-order valence-electron chi connectivity index (χ2n) is 3.96. The molecule has 1 aliphatic heterocycles. The monoisotopic (exact) mass is 199 g/mol. The van der Waals surface area contributed by atoms with Gasteiger partial charge >= 0.3 is 0 Å². The molecule has 0 radical (unpaired) electrons. The predicted molar refractivity (Wildman–Crippen MR) is 56.1 cm³/mol. The number of hydrogen-bond acceptors (Lipinski definition) is 3. The Kier molecular flexibility index (Phi) is 5.80. The fourth-order valence-electron chi connectivity index (χ4n) is 1.79. The lowest BCUT2D eigenvalue weighted by molar-refractivity contribution is -0.119. The van der Waals surface area contributed by atoms with E-state index in [1.807, 2.05) is 0 Å². The fourth-order valence-corrected chi connectivity index (χ4v) is 1.79. The minimum atomic E-state index is 0.355. The number of carbonyl (C=O) groups is 1. The molecule has 0 spiro atoms. The van der Waals surface area contributed by atoms with Crippen molar-refractivity contribution < 1.29 is 9.53 Å². The second-order valence-corrected chi connectivity index (χ2v) is 3.96. The normalized spacial score (nSPS) is 21.4. The number of hydrogen-bond donors (Lipinski definition) is 1. The fraction of sp³-hybridized carbons (Fsp3) is 0.909. The lowest BCUT2D eigenvalue weighted by Crippen LogP contribution is -2.09. The SMILES string of the molecule is NCCCCC(=O)CCC1CCCO1. The van der Waals surface area contributed by atoms with E-state index in [0.29, 0.717) is 31.3 Å². The van der Waals surface area contributed by atoms with Gasteiger partial charge in [-0.1, -0.05) is 0 Å². The minimum absolute atomic E-state index is 0.355. The van der Waals surface area contributed by atoms with Crippen LogP contribution >= 0.6 is 0 Å². The highest BCUT2D eigenvalue weighted by Crippen LogP contribution is 2.17. The van der Waals surface area contributed by atoms with Crippen LogP contribution in [0.15, 0.2) is 0 Å². The summed E-state index contributed by atoms with van der Waals surface area (Å²) in [5.41, 5.74) is 5.36. The predicted octanol–water partition coefficient (Wildman–Crippen LogP) is 1.64. The van der Waals surface area contributed by atoms with Crippen LogP contribution in [-0.2, 0) is 9.53 Å². The number of ketones is 1. The maximum atomic E-state index is 11.4. The highest BCUT2D eigenvalue weighted by molar-refractivity contribution is 5.78. The molecular formula is C11H21NO2. The number of nitrogens with two attached hydrogens (primary N) is 1. The van der Waals surface area contributed by atoms with Gasteiger partial charge in [-0.15, -0.1) is 0 Å². The Bertz CT molecular complexity index is 165. The molecule has 3 heteroatoms. The van der Waals surface area contributed by atoms with Crippen molar-refractivity contribution in [1.82, 2.24) is 0 Å². The van der Waals surface area contributed by atoms with Gasteiger partial charge in [-0.05, 0) is 38.6 Å². The van der Waals surface area contributed by atoms with Crippen molar-refractivity contribution in [3.63, 3.8) is 0 Å². The molecule has 0 aromatic carbocycles. The molecule has 1 rings (SSSR count). The lowest BCUT2D eigenvalue weighted by atomic mass is 10.1. The van der Waals surface area contributed by atoms with Crippen LogP contribution in [0, 0.1) is 0 Å². The molecule has 2 N–H and O–H groups in total. The van der Waals surface area contributed by atoms with E-state index < -0.39 is 0 Å². The molecule has 1 heterocycles. The molecule has 82 valence electrons. The van der Waals surface area contributed by atoms with Gasteiger partial charge in [0.1, 0.15) is 5.78 Å². The number of ether oxygens (including phenoxy) is 1. The summed E-state index contributed by atoms with van der Waals surface area (Å²) in [6, 6.07) is 0. The van der Waals surface area contributed by atoms with Gasteiger partial charge < -0.3 is 10.5 Å². The summed E-state index contributed by atoms with van der Waals surface area (Å²) in [7, 11) is 0. The van der Waals surface area contributed by atoms with Gasteiger partial charge in [0.15, 0.2) is 0 Å². The Balaban J connectivity index is 1.96. The van der Waals surface area contributed by atoms with Crippen molar-refractivity contribution in [1.29, 1.82) is 0 Å². The van der Waals surface area contributed by atoms with E-state index in [1.165, 1.54) is 0 Å². The molecule has 1 saturated heterocycles. The molecular weight excluding hydrogens is 178 g/mol. The topological polar surface area (TPSA) is 52.3 Å². The average Bonchev–Trinajstić information content (AvgIpc) is 2.68. The van der Waals surface area contributed by atoms with Gasteiger partial charge in [0.25, 0.3) is 0 Å². The van der Waals surface area contributed by atoms with E-state index in [9.17, 15) is 4.79 Å². The Labute approximate surface area is 86.0 Å². The standard InChI is InChI=1S/C11H21NO2/c12-8-2-1-4-10(13)6-7-11-5-3-9-14-11/h11H,1-9,12H2. The second kappa shape index (κ2) is 6.96. The summed E-state index contributed by atoms with van der Waals surface area (Å²) >= 11 is 0. The Hall–Kier alpha value is -0.410. The molecule has 1 unspecified atom stereocenters. The van der Waals surface area contributed by atoms with Gasteiger partial charge in [0, 0.05) is 19.4 Å². The Morgan fingerprint density at radius 1 is 1.36 bits per heavy atom.